The van der Waals surface area contributed by atoms with Crippen LogP contribution < -0.4 is 9.47 Å². The maximum Gasteiger partial charge on any atom is 0.138 e. The van der Waals surface area contributed by atoms with Crippen molar-refractivity contribution in [2.24, 2.45) is 0 Å². The van der Waals surface area contributed by atoms with Crippen molar-refractivity contribution >= 4 is 34.2 Å². The second-order valence-corrected chi connectivity index (χ2v) is 4.17. The second kappa shape index (κ2) is 6.35. The zero-order chi connectivity index (χ0) is 10.4. The van der Waals surface area contributed by atoms with Gasteiger partial charge in [-0.05, 0) is 18.6 Å². The predicted octanol–water partition coefficient (Wildman–Crippen LogP) is 3.55. The van der Waals surface area contributed by atoms with Crippen LogP contribution in [0.5, 0.6) is 11.5 Å². The fourth-order valence-electron chi connectivity index (χ4n) is 0.962. The number of methoxy groups -OCH3 is 1. The van der Waals surface area contributed by atoms with Crippen molar-refractivity contribution in [1.82, 2.24) is 0 Å². The van der Waals surface area contributed by atoms with E-state index in [9.17, 15) is 0 Å². The topological polar surface area (TPSA) is 18.5 Å². The highest BCUT2D eigenvalue weighted by atomic mass is 127. The number of halogens is 2. The maximum absolute atomic E-state index is 5.98. The summed E-state index contributed by atoms with van der Waals surface area (Å²) in [4.78, 5) is 0. The van der Waals surface area contributed by atoms with Gasteiger partial charge in [-0.25, -0.2) is 0 Å². The van der Waals surface area contributed by atoms with Crippen LogP contribution in [0.1, 0.15) is 6.42 Å². The summed E-state index contributed by atoms with van der Waals surface area (Å²) in [7, 11) is 1.61. The third kappa shape index (κ3) is 3.53. The monoisotopic (exact) mass is 326 g/mol. The Labute approximate surface area is 103 Å². The van der Waals surface area contributed by atoms with Gasteiger partial charge in [0.15, 0.2) is 0 Å². The molecule has 0 aliphatic heterocycles. The molecule has 1 rings (SSSR count). The zero-order valence-electron chi connectivity index (χ0n) is 7.93. The molecule has 0 unspecified atom stereocenters. The van der Waals surface area contributed by atoms with Gasteiger partial charge < -0.3 is 9.47 Å². The molecule has 0 heterocycles. The molecule has 0 saturated heterocycles. The van der Waals surface area contributed by atoms with E-state index in [4.69, 9.17) is 21.1 Å². The summed E-state index contributed by atoms with van der Waals surface area (Å²) in [5.74, 6) is 1.47. The van der Waals surface area contributed by atoms with Crippen molar-refractivity contribution in [3.63, 3.8) is 0 Å². The van der Waals surface area contributed by atoms with Gasteiger partial charge in [0.1, 0.15) is 11.5 Å². The number of rotatable bonds is 5. The standard InChI is InChI=1S/C10H12ClIO2/c1-13-8-3-4-10(9(11)7-8)14-6-2-5-12/h3-4,7H,2,5-6H2,1H3. The molecule has 0 fully saturated rings. The van der Waals surface area contributed by atoms with E-state index in [1.54, 1.807) is 13.2 Å². The summed E-state index contributed by atoms with van der Waals surface area (Å²) in [6.45, 7) is 0.703. The van der Waals surface area contributed by atoms with Gasteiger partial charge in [-0.15, -0.1) is 0 Å². The van der Waals surface area contributed by atoms with Crippen LogP contribution in [0.15, 0.2) is 18.2 Å². The molecule has 0 spiro atoms. The van der Waals surface area contributed by atoms with Gasteiger partial charge in [0, 0.05) is 10.5 Å². The van der Waals surface area contributed by atoms with Gasteiger partial charge in [-0.3, -0.25) is 0 Å². The largest absolute Gasteiger partial charge is 0.497 e. The molecule has 0 radical (unpaired) electrons. The SMILES string of the molecule is COc1ccc(OCCCI)c(Cl)c1. The minimum Gasteiger partial charge on any atom is -0.497 e. The Morgan fingerprint density at radius 2 is 2.21 bits per heavy atom. The van der Waals surface area contributed by atoms with Crippen LogP contribution in [0.2, 0.25) is 5.02 Å². The number of hydrogen-bond donors (Lipinski definition) is 0. The third-order valence-electron chi connectivity index (χ3n) is 1.67. The second-order valence-electron chi connectivity index (χ2n) is 2.69. The Morgan fingerprint density at radius 3 is 2.79 bits per heavy atom. The van der Waals surface area contributed by atoms with Crippen LogP contribution in [0.3, 0.4) is 0 Å². The van der Waals surface area contributed by atoms with Crippen molar-refractivity contribution in [3.8, 4) is 11.5 Å². The molecule has 78 valence electrons. The molecule has 4 heteroatoms. The maximum atomic E-state index is 5.98. The first kappa shape index (κ1) is 11.9. The molecule has 0 N–H and O–H groups in total. The number of ether oxygens (including phenoxy) is 2. The van der Waals surface area contributed by atoms with Crippen LogP contribution in [-0.4, -0.2) is 18.1 Å². The minimum absolute atomic E-state index is 0.595. The van der Waals surface area contributed by atoms with Crippen LogP contribution in [0, 0.1) is 0 Å². The smallest absolute Gasteiger partial charge is 0.138 e. The summed E-state index contributed by atoms with van der Waals surface area (Å²) >= 11 is 8.30. The molecule has 0 saturated carbocycles. The molecule has 2 nitrogen and oxygen atoms in total. The molecule has 0 bridgehead atoms. The van der Waals surface area contributed by atoms with Crippen molar-refractivity contribution in [2.45, 2.75) is 6.42 Å². The Bertz CT molecular complexity index is 291. The lowest BCUT2D eigenvalue weighted by Crippen LogP contribution is -1.98. The van der Waals surface area contributed by atoms with Crippen molar-refractivity contribution in [2.75, 3.05) is 18.1 Å². The number of alkyl halides is 1. The predicted molar refractivity (Wildman–Crippen MR) is 67.0 cm³/mol. The van der Waals surface area contributed by atoms with Crippen molar-refractivity contribution in [1.29, 1.82) is 0 Å². The van der Waals surface area contributed by atoms with Gasteiger partial charge in [-0.1, -0.05) is 34.2 Å². The van der Waals surface area contributed by atoms with E-state index in [-0.39, 0.29) is 0 Å². The molecule has 1 aromatic carbocycles. The summed E-state index contributed by atoms with van der Waals surface area (Å²) < 4.78 is 11.6. The van der Waals surface area contributed by atoms with Gasteiger partial charge in [-0.2, -0.15) is 0 Å². The zero-order valence-corrected chi connectivity index (χ0v) is 10.8. The quantitative estimate of drug-likeness (QED) is 0.468. The molecule has 0 aliphatic carbocycles. The van der Waals surface area contributed by atoms with Crippen LogP contribution in [0.4, 0.5) is 0 Å². The molecule has 0 atom stereocenters. The molecule has 1 aromatic rings. The molecular weight excluding hydrogens is 314 g/mol. The molecule has 0 aromatic heterocycles. The first-order chi connectivity index (χ1) is 6.77. The van der Waals surface area contributed by atoms with E-state index in [1.807, 2.05) is 12.1 Å². The highest BCUT2D eigenvalue weighted by Crippen LogP contribution is 2.28. The van der Waals surface area contributed by atoms with Crippen LogP contribution >= 0.6 is 34.2 Å². The normalized spacial score (nSPS) is 9.93. The van der Waals surface area contributed by atoms with Crippen molar-refractivity contribution in [3.05, 3.63) is 23.2 Å². The van der Waals surface area contributed by atoms with Crippen molar-refractivity contribution < 1.29 is 9.47 Å². The highest BCUT2D eigenvalue weighted by Gasteiger charge is 2.02. The van der Waals surface area contributed by atoms with E-state index in [2.05, 4.69) is 22.6 Å². The first-order valence-electron chi connectivity index (χ1n) is 4.30. The van der Waals surface area contributed by atoms with E-state index >= 15 is 0 Å². The molecule has 14 heavy (non-hydrogen) atoms. The Hall–Kier alpha value is -0.160. The lowest BCUT2D eigenvalue weighted by Gasteiger charge is -2.08. The van der Waals surface area contributed by atoms with E-state index in [0.717, 1.165) is 22.3 Å². The fraction of sp³-hybridized carbons (Fsp3) is 0.400. The lowest BCUT2D eigenvalue weighted by atomic mass is 10.3. The number of hydrogen-bond acceptors (Lipinski definition) is 2. The average Bonchev–Trinajstić information content (AvgIpc) is 2.20. The summed E-state index contributed by atoms with van der Waals surface area (Å²) in [5.41, 5.74) is 0. The lowest BCUT2D eigenvalue weighted by molar-refractivity contribution is 0.319. The average molecular weight is 327 g/mol. The molecule has 0 aliphatic rings. The minimum atomic E-state index is 0.595. The Balaban J connectivity index is 2.59. The van der Waals surface area contributed by atoms with Gasteiger partial charge in [0.2, 0.25) is 0 Å². The Kier molecular flexibility index (Phi) is 5.40. The van der Waals surface area contributed by atoms with Gasteiger partial charge in [0.25, 0.3) is 0 Å². The highest BCUT2D eigenvalue weighted by molar-refractivity contribution is 14.1. The summed E-state index contributed by atoms with van der Waals surface area (Å²) in [6.07, 6.45) is 1.03. The molecule has 0 amide bonds. The van der Waals surface area contributed by atoms with E-state index in [0.29, 0.717) is 11.6 Å². The van der Waals surface area contributed by atoms with Gasteiger partial charge in [0.05, 0.1) is 18.7 Å². The summed E-state index contributed by atoms with van der Waals surface area (Å²) in [6, 6.07) is 5.42. The van der Waals surface area contributed by atoms with E-state index in [1.165, 1.54) is 0 Å². The van der Waals surface area contributed by atoms with Gasteiger partial charge >= 0.3 is 0 Å². The van der Waals surface area contributed by atoms with Crippen LogP contribution in [0.25, 0.3) is 0 Å². The summed E-state index contributed by atoms with van der Waals surface area (Å²) in [5, 5.41) is 0.595. The fourth-order valence-corrected chi connectivity index (χ4v) is 1.50. The first-order valence-corrected chi connectivity index (χ1v) is 6.20. The third-order valence-corrected chi connectivity index (χ3v) is 2.73. The number of benzene rings is 1. The van der Waals surface area contributed by atoms with E-state index < -0.39 is 0 Å². The molecular formula is C10H12ClIO2. The van der Waals surface area contributed by atoms with Crippen LogP contribution in [-0.2, 0) is 0 Å². The Morgan fingerprint density at radius 1 is 1.43 bits per heavy atom.